The Hall–Kier alpha value is -2.99. The molecule has 2 aromatic carbocycles. The predicted octanol–water partition coefficient (Wildman–Crippen LogP) is 4.33. The van der Waals surface area contributed by atoms with Crippen LogP contribution in [0.3, 0.4) is 0 Å². The molecule has 1 amide bonds. The number of thiazole rings is 1. The molecule has 0 unspecified atom stereocenters. The van der Waals surface area contributed by atoms with Gasteiger partial charge in [-0.25, -0.2) is 4.98 Å². The number of ketones is 1. The van der Waals surface area contributed by atoms with Crippen molar-refractivity contribution in [1.82, 2.24) is 4.98 Å². The van der Waals surface area contributed by atoms with Gasteiger partial charge in [-0.2, -0.15) is 0 Å². The Morgan fingerprint density at radius 2 is 1.77 bits per heavy atom. The zero-order valence-electron chi connectivity index (χ0n) is 14.8. The fourth-order valence-corrected chi connectivity index (χ4v) is 3.38. The van der Waals surface area contributed by atoms with Gasteiger partial charge in [-0.3, -0.25) is 14.9 Å². The Morgan fingerprint density at radius 1 is 1.04 bits per heavy atom. The van der Waals surface area contributed by atoms with Crippen LogP contribution in [0.2, 0.25) is 0 Å². The Kier molecular flexibility index (Phi) is 5.14. The van der Waals surface area contributed by atoms with Crippen molar-refractivity contribution >= 4 is 33.8 Å². The van der Waals surface area contributed by atoms with E-state index in [4.69, 9.17) is 0 Å². The molecule has 0 aliphatic carbocycles. The molecule has 3 rings (SSSR count). The first kappa shape index (κ1) is 17.8. The average molecular weight is 365 g/mol. The van der Waals surface area contributed by atoms with E-state index in [9.17, 15) is 9.59 Å². The summed E-state index contributed by atoms with van der Waals surface area (Å²) in [6.07, 6.45) is 0. The van der Waals surface area contributed by atoms with Crippen molar-refractivity contribution in [2.75, 3.05) is 24.3 Å². The highest BCUT2D eigenvalue weighted by Crippen LogP contribution is 2.31. The van der Waals surface area contributed by atoms with Gasteiger partial charge in [0.1, 0.15) is 0 Å². The number of carbonyl (C=O) groups excluding carboxylic acids is 2. The van der Waals surface area contributed by atoms with Crippen molar-refractivity contribution in [3.8, 4) is 11.3 Å². The molecule has 0 saturated heterocycles. The normalized spacial score (nSPS) is 10.4. The van der Waals surface area contributed by atoms with Crippen molar-refractivity contribution in [2.45, 2.75) is 6.92 Å². The molecule has 6 heteroatoms. The van der Waals surface area contributed by atoms with Crippen LogP contribution >= 0.6 is 11.3 Å². The molecule has 0 aliphatic rings. The summed E-state index contributed by atoms with van der Waals surface area (Å²) in [5, 5.41) is 3.22. The van der Waals surface area contributed by atoms with Gasteiger partial charge >= 0.3 is 0 Å². The molecule has 0 radical (unpaired) electrons. The van der Waals surface area contributed by atoms with Gasteiger partial charge < -0.3 is 4.90 Å². The maximum atomic E-state index is 12.6. The molecule has 1 aromatic heterocycles. The van der Waals surface area contributed by atoms with E-state index in [0.29, 0.717) is 21.3 Å². The first-order valence-corrected chi connectivity index (χ1v) is 8.93. The first-order valence-electron chi connectivity index (χ1n) is 8.11. The van der Waals surface area contributed by atoms with Crippen LogP contribution in [0.15, 0.2) is 54.6 Å². The molecule has 1 N–H and O–H groups in total. The summed E-state index contributed by atoms with van der Waals surface area (Å²) in [5.74, 6) is -0.325. The van der Waals surface area contributed by atoms with Crippen molar-refractivity contribution in [1.29, 1.82) is 0 Å². The SMILES string of the molecule is CC(=O)c1sc(NC(=O)c2cccc(N(C)C)c2)nc1-c1ccccc1. The standard InChI is InChI=1S/C20H19N3O2S/c1-13(24)18-17(14-8-5-4-6-9-14)21-20(26-18)22-19(25)15-10-7-11-16(12-15)23(2)3/h4-12H,1-3H3,(H,21,22,25). The molecule has 0 spiro atoms. The number of rotatable bonds is 5. The third kappa shape index (κ3) is 3.81. The lowest BCUT2D eigenvalue weighted by Crippen LogP contribution is -2.14. The molecule has 132 valence electrons. The zero-order chi connectivity index (χ0) is 18.7. The number of nitrogens with zero attached hydrogens (tertiary/aromatic N) is 2. The maximum Gasteiger partial charge on any atom is 0.257 e. The zero-order valence-corrected chi connectivity index (χ0v) is 15.6. The van der Waals surface area contributed by atoms with E-state index >= 15 is 0 Å². The second-order valence-electron chi connectivity index (χ2n) is 6.02. The highest BCUT2D eigenvalue weighted by Gasteiger charge is 2.18. The Bertz CT molecular complexity index is 949. The summed E-state index contributed by atoms with van der Waals surface area (Å²) >= 11 is 1.19. The van der Waals surface area contributed by atoms with E-state index < -0.39 is 0 Å². The van der Waals surface area contributed by atoms with E-state index in [1.165, 1.54) is 18.3 Å². The predicted molar refractivity (Wildman–Crippen MR) is 106 cm³/mol. The minimum atomic E-state index is -0.253. The van der Waals surface area contributed by atoms with E-state index in [1.807, 2.05) is 67.5 Å². The second-order valence-corrected chi connectivity index (χ2v) is 7.02. The first-order chi connectivity index (χ1) is 12.5. The van der Waals surface area contributed by atoms with Crippen LogP contribution in [0.25, 0.3) is 11.3 Å². The summed E-state index contributed by atoms with van der Waals surface area (Å²) in [6, 6.07) is 16.8. The fourth-order valence-electron chi connectivity index (χ4n) is 2.50. The van der Waals surface area contributed by atoms with Crippen LogP contribution in [-0.2, 0) is 0 Å². The largest absolute Gasteiger partial charge is 0.378 e. The Morgan fingerprint density at radius 3 is 2.42 bits per heavy atom. The fraction of sp³-hybridized carbons (Fsp3) is 0.150. The monoisotopic (exact) mass is 365 g/mol. The van der Waals surface area contributed by atoms with Gasteiger partial charge in [0.25, 0.3) is 5.91 Å². The van der Waals surface area contributed by atoms with Gasteiger partial charge in [-0.1, -0.05) is 47.7 Å². The number of aromatic nitrogens is 1. The van der Waals surface area contributed by atoms with Crippen molar-refractivity contribution in [3.05, 3.63) is 65.0 Å². The molecule has 3 aromatic rings. The second kappa shape index (κ2) is 7.49. The third-order valence-corrected chi connectivity index (χ3v) is 4.91. The molecule has 0 bridgehead atoms. The summed E-state index contributed by atoms with van der Waals surface area (Å²) < 4.78 is 0. The van der Waals surface area contributed by atoms with Crippen LogP contribution in [0.4, 0.5) is 10.8 Å². The topological polar surface area (TPSA) is 62.3 Å². The molecule has 0 fully saturated rings. The number of anilines is 2. The molecule has 0 saturated carbocycles. The van der Waals surface area contributed by atoms with Crippen molar-refractivity contribution in [2.24, 2.45) is 0 Å². The summed E-state index contributed by atoms with van der Waals surface area (Å²) in [6.45, 7) is 1.51. The average Bonchev–Trinajstić information content (AvgIpc) is 3.06. The van der Waals surface area contributed by atoms with E-state index in [-0.39, 0.29) is 11.7 Å². The number of carbonyl (C=O) groups is 2. The smallest absolute Gasteiger partial charge is 0.257 e. The van der Waals surface area contributed by atoms with Crippen LogP contribution < -0.4 is 10.2 Å². The minimum Gasteiger partial charge on any atom is -0.378 e. The van der Waals surface area contributed by atoms with E-state index in [0.717, 1.165) is 11.3 Å². The van der Waals surface area contributed by atoms with E-state index in [1.54, 1.807) is 6.07 Å². The van der Waals surface area contributed by atoms with Crippen molar-refractivity contribution < 1.29 is 9.59 Å². The molecule has 0 atom stereocenters. The number of Topliss-reactive ketones (excluding diaryl/α,β-unsaturated/α-hetero) is 1. The lowest BCUT2D eigenvalue weighted by Gasteiger charge is -2.13. The van der Waals surface area contributed by atoms with Crippen LogP contribution in [0.1, 0.15) is 27.0 Å². The molecule has 5 nitrogen and oxygen atoms in total. The Balaban J connectivity index is 1.90. The number of benzene rings is 2. The number of hydrogen-bond acceptors (Lipinski definition) is 5. The Labute approximate surface area is 156 Å². The lowest BCUT2D eigenvalue weighted by atomic mass is 10.1. The van der Waals surface area contributed by atoms with Crippen molar-refractivity contribution in [3.63, 3.8) is 0 Å². The maximum absolute atomic E-state index is 12.6. The lowest BCUT2D eigenvalue weighted by molar-refractivity contribution is 0.101. The van der Waals surface area contributed by atoms with Gasteiger partial charge in [0, 0.05) is 37.8 Å². The summed E-state index contributed by atoms with van der Waals surface area (Å²) in [4.78, 5) is 31.5. The highest BCUT2D eigenvalue weighted by molar-refractivity contribution is 7.18. The van der Waals surface area contributed by atoms with Crippen LogP contribution in [0, 0.1) is 0 Å². The van der Waals surface area contributed by atoms with Crippen LogP contribution in [-0.4, -0.2) is 30.8 Å². The number of hydrogen-bond donors (Lipinski definition) is 1. The van der Waals surface area contributed by atoms with Gasteiger partial charge in [0.2, 0.25) is 0 Å². The van der Waals surface area contributed by atoms with Gasteiger partial charge in [-0.05, 0) is 18.2 Å². The van der Waals surface area contributed by atoms with E-state index in [2.05, 4.69) is 10.3 Å². The van der Waals surface area contributed by atoms with Gasteiger partial charge in [-0.15, -0.1) is 0 Å². The molecule has 0 aliphatic heterocycles. The molecule has 26 heavy (non-hydrogen) atoms. The summed E-state index contributed by atoms with van der Waals surface area (Å²) in [7, 11) is 3.84. The van der Waals surface area contributed by atoms with Crippen LogP contribution in [0.5, 0.6) is 0 Å². The summed E-state index contributed by atoms with van der Waals surface area (Å²) in [5.41, 5.74) is 2.92. The highest BCUT2D eigenvalue weighted by atomic mass is 32.1. The quantitative estimate of drug-likeness (QED) is 0.684. The van der Waals surface area contributed by atoms with Gasteiger partial charge in [0.15, 0.2) is 10.9 Å². The number of nitrogens with one attached hydrogen (secondary N) is 1. The number of amides is 1. The minimum absolute atomic E-state index is 0.0727. The molecular weight excluding hydrogens is 346 g/mol. The third-order valence-electron chi connectivity index (χ3n) is 3.84. The van der Waals surface area contributed by atoms with Gasteiger partial charge in [0.05, 0.1) is 10.6 Å². The molecule has 1 heterocycles. The molecular formula is C20H19N3O2S.